The smallest absolute Gasteiger partial charge is 0.271 e. The quantitative estimate of drug-likeness (QED) is 0.530. The minimum absolute atomic E-state index is 0.139. The number of aryl methyl sites for hydroxylation is 1. The second kappa shape index (κ2) is 9.15. The summed E-state index contributed by atoms with van der Waals surface area (Å²) in [5, 5.41) is 20.2. The topological polar surface area (TPSA) is 131 Å². The lowest BCUT2D eigenvalue weighted by molar-refractivity contribution is -0.133. The van der Waals surface area contributed by atoms with Gasteiger partial charge in [0.05, 0.1) is 29.5 Å². The van der Waals surface area contributed by atoms with Crippen molar-refractivity contribution in [3.8, 4) is 18.0 Å². The Hall–Kier alpha value is -4.10. The van der Waals surface area contributed by atoms with E-state index in [2.05, 4.69) is 21.4 Å². The first-order valence-corrected chi connectivity index (χ1v) is 9.43. The van der Waals surface area contributed by atoms with Gasteiger partial charge in [0.2, 0.25) is 0 Å². The van der Waals surface area contributed by atoms with Crippen molar-refractivity contribution in [3.63, 3.8) is 0 Å². The molecule has 0 saturated carbocycles. The summed E-state index contributed by atoms with van der Waals surface area (Å²) in [5.74, 6) is 1.79. The number of hydrogen-bond donors (Lipinski definition) is 3. The molecule has 0 spiro atoms. The second-order valence-corrected chi connectivity index (χ2v) is 6.99. The molecular formula is C21H23N7O3. The number of carbonyl (C=O) groups is 2. The molecule has 10 heteroatoms. The number of terminal acetylenes is 1. The fraction of sp³-hybridized carbons (Fsp3) is 0.238. The van der Waals surface area contributed by atoms with Gasteiger partial charge in [-0.15, -0.1) is 6.42 Å². The van der Waals surface area contributed by atoms with Crippen LogP contribution < -0.4 is 11.1 Å². The number of aliphatic hydroxyl groups is 1. The number of hydrogen-bond acceptors (Lipinski definition) is 6. The third-order valence-electron chi connectivity index (χ3n) is 4.61. The highest BCUT2D eigenvalue weighted by atomic mass is 16.3. The van der Waals surface area contributed by atoms with Crippen LogP contribution in [-0.2, 0) is 11.8 Å². The first-order chi connectivity index (χ1) is 14.8. The molecule has 4 N–H and O–H groups in total. The maximum atomic E-state index is 11.6. The molecule has 1 aliphatic heterocycles. The summed E-state index contributed by atoms with van der Waals surface area (Å²) in [4.78, 5) is 23.8. The van der Waals surface area contributed by atoms with Gasteiger partial charge in [-0.2, -0.15) is 10.2 Å². The lowest BCUT2D eigenvalue weighted by Crippen LogP contribution is -2.24. The SMILES string of the molecule is C#Cc1cccc(-n2cc(Nc3cnn(C)c3)c(C(N)=O)n2)c1.CN1CCC(O)C1=O. The summed E-state index contributed by atoms with van der Waals surface area (Å²) in [6, 6.07) is 7.28. The summed E-state index contributed by atoms with van der Waals surface area (Å²) in [6.45, 7) is 0.694. The van der Waals surface area contributed by atoms with Crippen molar-refractivity contribution in [3.05, 3.63) is 54.1 Å². The van der Waals surface area contributed by atoms with Gasteiger partial charge in [-0.3, -0.25) is 14.3 Å². The van der Waals surface area contributed by atoms with Crippen molar-refractivity contribution in [1.82, 2.24) is 24.5 Å². The van der Waals surface area contributed by atoms with Crippen LogP contribution in [0.15, 0.2) is 42.9 Å². The average Bonchev–Trinajstić information content (AvgIpc) is 3.45. The lowest BCUT2D eigenvalue weighted by Gasteiger charge is -2.04. The van der Waals surface area contributed by atoms with Crippen LogP contribution in [0.1, 0.15) is 22.5 Å². The third-order valence-corrected chi connectivity index (χ3v) is 4.61. The van der Waals surface area contributed by atoms with Gasteiger partial charge in [0.25, 0.3) is 11.8 Å². The summed E-state index contributed by atoms with van der Waals surface area (Å²) >= 11 is 0. The van der Waals surface area contributed by atoms with Crippen LogP contribution in [0.4, 0.5) is 11.4 Å². The van der Waals surface area contributed by atoms with Gasteiger partial charge >= 0.3 is 0 Å². The molecule has 1 saturated heterocycles. The number of likely N-dealkylation sites (tertiary alicyclic amines) is 1. The van der Waals surface area contributed by atoms with E-state index in [1.807, 2.05) is 18.2 Å². The van der Waals surface area contributed by atoms with E-state index >= 15 is 0 Å². The molecule has 3 aromatic rings. The van der Waals surface area contributed by atoms with Crippen LogP contribution in [-0.4, -0.2) is 61.1 Å². The van der Waals surface area contributed by atoms with E-state index in [0.29, 0.717) is 18.7 Å². The summed E-state index contributed by atoms with van der Waals surface area (Å²) in [5.41, 5.74) is 8.24. The molecule has 1 aromatic carbocycles. The van der Waals surface area contributed by atoms with E-state index in [1.54, 1.807) is 48.1 Å². The van der Waals surface area contributed by atoms with Crippen LogP contribution in [0.25, 0.3) is 5.69 Å². The molecule has 160 valence electrons. The van der Waals surface area contributed by atoms with E-state index < -0.39 is 12.0 Å². The number of rotatable bonds is 4. The van der Waals surface area contributed by atoms with Gasteiger partial charge < -0.3 is 21.1 Å². The van der Waals surface area contributed by atoms with Crippen molar-refractivity contribution >= 4 is 23.2 Å². The number of aromatic nitrogens is 4. The lowest BCUT2D eigenvalue weighted by atomic mass is 10.2. The van der Waals surface area contributed by atoms with Gasteiger partial charge in [-0.1, -0.05) is 12.0 Å². The zero-order valence-electron chi connectivity index (χ0n) is 17.2. The van der Waals surface area contributed by atoms with E-state index in [0.717, 1.165) is 16.9 Å². The molecule has 3 heterocycles. The molecule has 2 aromatic heterocycles. The predicted molar refractivity (Wildman–Crippen MR) is 115 cm³/mol. The van der Waals surface area contributed by atoms with E-state index in [9.17, 15) is 9.59 Å². The number of anilines is 2. The highest BCUT2D eigenvalue weighted by Crippen LogP contribution is 2.22. The van der Waals surface area contributed by atoms with Gasteiger partial charge in [-0.05, 0) is 24.6 Å². The molecule has 1 aliphatic rings. The molecule has 31 heavy (non-hydrogen) atoms. The van der Waals surface area contributed by atoms with E-state index in [-0.39, 0.29) is 11.6 Å². The van der Waals surface area contributed by atoms with Crippen LogP contribution in [0.2, 0.25) is 0 Å². The Kier molecular flexibility index (Phi) is 6.37. The van der Waals surface area contributed by atoms with Gasteiger partial charge in [-0.25, -0.2) is 4.68 Å². The fourth-order valence-corrected chi connectivity index (χ4v) is 2.96. The molecular weight excluding hydrogens is 398 g/mol. The number of amides is 2. The Labute approximate surface area is 179 Å². The minimum atomic E-state index is -0.722. The van der Waals surface area contributed by atoms with Crippen molar-refractivity contribution in [2.45, 2.75) is 12.5 Å². The minimum Gasteiger partial charge on any atom is -0.383 e. The first kappa shape index (κ1) is 21.6. The Balaban J connectivity index is 0.000000287. The first-order valence-electron chi connectivity index (χ1n) is 9.43. The predicted octanol–water partition coefficient (Wildman–Crippen LogP) is 0.639. The van der Waals surface area contributed by atoms with Crippen LogP contribution in [0.5, 0.6) is 0 Å². The number of aliphatic hydroxyl groups excluding tert-OH is 1. The molecule has 0 bridgehead atoms. The normalized spacial score (nSPS) is 15.2. The highest BCUT2D eigenvalue weighted by molar-refractivity contribution is 5.97. The summed E-state index contributed by atoms with van der Waals surface area (Å²) < 4.78 is 3.20. The van der Waals surface area contributed by atoms with Crippen molar-refractivity contribution in [2.24, 2.45) is 12.8 Å². The van der Waals surface area contributed by atoms with Crippen LogP contribution in [0, 0.1) is 12.3 Å². The monoisotopic (exact) mass is 421 g/mol. The maximum absolute atomic E-state index is 11.6. The summed E-state index contributed by atoms with van der Waals surface area (Å²) in [6.07, 6.45) is 10.4. The zero-order chi connectivity index (χ0) is 22.5. The maximum Gasteiger partial charge on any atom is 0.271 e. The Morgan fingerprint density at radius 3 is 2.65 bits per heavy atom. The van der Waals surface area contributed by atoms with Crippen molar-refractivity contribution < 1.29 is 14.7 Å². The van der Waals surface area contributed by atoms with Gasteiger partial charge in [0, 0.05) is 32.4 Å². The molecule has 4 rings (SSSR count). The van der Waals surface area contributed by atoms with Crippen LogP contribution >= 0.6 is 0 Å². The average molecular weight is 421 g/mol. The van der Waals surface area contributed by atoms with E-state index in [4.69, 9.17) is 17.3 Å². The molecule has 0 radical (unpaired) electrons. The van der Waals surface area contributed by atoms with Crippen LogP contribution in [0.3, 0.4) is 0 Å². The molecule has 0 aliphatic carbocycles. The largest absolute Gasteiger partial charge is 0.383 e. The van der Waals surface area contributed by atoms with Crippen molar-refractivity contribution in [2.75, 3.05) is 18.9 Å². The Morgan fingerprint density at radius 2 is 2.13 bits per heavy atom. The molecule has 1 atom stereocenters. The standard InChI is InChI=1S/C16H14N6O.C5H9NO2/c1-3-11-5-4-6-13(7-11)22-10-14(15(20-22)16(17)23)19-12-8-18-21(2)9-12;1-6-3-2-4(7)5(6)8/h1,4-10,19H,2H3,(H2,17,23);4,7H,2-3H2,1H3. The van der Waals surface area contributed by atoms with Gasteiger partial charge in [0.15, 0.2) is 5.69 Å². The Morgan fingerprint density at radius 1 is 1.35 bits per heavy atom. The fourth-order valence-electron chi connectivity index (χ4n) is 2.96. The second-order valence-electron chi connectivity index (χ2n) is 6.99. The number of benzene rings is 1. The zero-order valence-corrected chi connectivity index (χ0v) is 17.2. The molecule has 1 fully saturated rings. The molecule has 2 amide bonds. The molecule has 1 unspecified atom stereocenters. The number of nitrogens with one attached hydrogen (secondary N) is 1. The number of carbonyl (C=O) groups excluding carboxylic acids is 2. The number of nitrogens with zero attached hydrogens (tertiary/aromatic N) is 5. The molecule has 10 nitrogen and oxygen atoms in total. The Bertz CT molecular complexity index is 1130. The third kappa shape index (κ3) is 5.09. The highest BCUT2D eigenvalue weighted by Gasteiger charge is 2.26. The number of likely N-dealkylation sites (N-methyl/N-ethyl adjacent to an activating group) is 1. The number of nitrogens with two attached hydrogens (primary N) is 1. The van der Waals surface area contributed by atoms with Gasteiger partial charge in [0.1, 0.15) is 6.10 Å². The summed E-state index contributed by atoms with van der Waals surface area (Å²) in [7, 11) is 3.49. The van der Waals surface area contributed by atoms with Crippen molar-refractivity contribution in [1.29, 1.82) is 0 Å². The number of primary amides is 1. The van der Waals surface area contributed by atoms with E-state index in [1.165, 1.54) is 4.90 Å².